The van der Waals surface area contributed by atoms with Gasteiger partial charge in [-0.15, -0.1) is 0 Å². The van der Waals surface area contributed by atoms with Crippen LogP contribution < -0.4 is 15.0 Å². The van der Waals surface area contributed by atoms with E-state index in [1.165, 1.54) is 18.2 Å². The Hall–Kier alpha value is -3.61. The Morgan fingerprint density at radius 1 is 1.23 bits per heavy atom. The van der Waals surface area contributed by atoms with Gasteiger partial charge in [-0.1, -0.05) is 19.4 Å². The van der Waals surface area contributed by atoms with Crippen LogP contribution in [0.15, 0.2) is 41.2 Å². The second-order valence-electron chi connectivity index (χ2n) is 7.46. The summed E-state index contributed by atoms with van der Waals surface area (Å²) in [7, 11) is 1.61. The van der Waals surface area contributed by atoms with E-state index in [1.54, 1.807) is 11.7 Å². The summed E-state index contributed by atoms with van der Waals surface area (Å²) < 4.78 is 12.9. The molecule has 31 heavy (non-hydrogen) atoms. The molecule has 0 radical (unpaired) electrons. The highest BCUT2D eigenvalue weighted by molar-refractivity contribution is 5.93. The van der Waals surface area contributed by atoms with E-state index in [0.717, 1.165) is 24.0 Å². The van der Waals surface area contributed by atoms with Gasteiger partial charge >= 0.3 is 5.97 Å². The van der Waals surface area contributed by atoms with Gasteiger partial charge in [-0.25, -0.2) is 9.78 Å². The third-order valence-corrected chi connectivity index (χ3v) is 5.38. The van der Waals surface area contributed by atoms with Gasteiger partial charge in [-0.05, 0) is 60.4 Å². The summed E-state index contributed by atoms with van der Waals surface area (Å²) >= 11 is 0. The van der Waals surface area contributed by atoms with Crippen LogP contribution in [0.2, 0.25) is 0 Å². The van der Waals surface area contributed by atoms with Crippen molar-refractivity contribution in [2.24, 2.45) is 0 Å². The van der Waals surface area contributed by atoms with E-state index in [2.05, 4.69) is 11.9 Å². The van der Waals surface area contributed by atoms with Gasteiger partial charge < -0.3 is 14.6 Å². The molecule has 0 saturated heterocycles. The van der Waals surface area contributed by atoms with Crippen LogP contribution in [-0.4, -0.2) is 34.3 Å². The molecule has 7 heteroatoms. The van der Waals surface area contributed by atoms with E-state index in [0.29, 0.717) is 47.8 Å². The number of allylic oxidation sites excluding steroid dienone is 1. The second kappa shape index (κ2) is 8.63. The van der Waals surface area contributed by atoms with Gasteiger partial charge in [-0.2, -0.15) is 0 Å². The SMILES string of the molecule is CCCCOc1ccc(/C=C2\CCn3c2nc2cc(C(=O)O)ccc2c3=O)cc1OC. The third-order valence-electron chi connectivity index (χ3n) is 5.38. The number of aromatic nitrogens is 2. The second-order valence-corrected chi connectivity index (χ2v) is 7.46. The number of hydrogen-bond acceptors (Lipinski definition) is 5. The number of carboxylic acid groups (broad SMARTS) is 1. The average Bonchev–Trinajstić information content (AvgIpc) is 3.17. The van der Waals surface area contributed by atoms with Crippen molar-refractivity contribution in [2.45, 2.75) is 32.7 Å². The maximum absolute atomic E-state index is 12.9. The zero-order valence-electron chi connectivity index (χ0n) is 17.6. The van der Waals surface area contributed by atoms with Crippen LogP contribution in [0.3, 0.4) is 0 Å². The maximum atomic E-state index is 12.9. The van der Waals surface area contributed by atoms with Crippen molar-refractivity contribution in [2.75, 3.05) is 13.7 Å². The number of aromatic carboxylic acids is 1. The molecule has 0 bridgehead atoms. The van der Waals surface area contributed by atoms with Crippen LogP contribution in [-0.2, 0) is 6.54 Å². The van der Waals surface area contributed by atoms with E-state index in [-0.39, 0.29) is 11.1 Å². The quantitative estimate of drug-likeness (QED) is 0.576. The highest BCUT2D eigenvalue weighted by Gasteiger charge is 2.21. The largest absolute Gasteiger partial charge is 0.493 e. The van der Waals surface area contributed by atoms with Crippen LogP contribution in [0, 0.1) is 0 Å². The molecule has 1 aliphatic rings. The molecule has 0 unspecified atom stereocenters. The van der Waals surface area contributed by atoms with E-state index in [4.69, 9.17) is 9.47 Å². The molecule has 0 saturated carbocycles. The number of rotatable bonds is 7. The number of methoxy groups -OCH3 is 1. The van der Waals surface area contributed by atoms with Crippen LogP contribution in [0.5, 0.6) is 11.5 Å². The van der Waals surface area contributed by atoms with Gasteiger partial charge in [0, 0.05) is 6.54 Å². The summed E-state index contributed by atoms with van der Waals surface area (Å²) in [5, 5.41) is 9.67. The minimum atomic E-state index is -1.05. The molecule has 160 valence electrons. The molecule has 0 fully saturated rings. The Morgan fingerprint density at radius 3 is 2.81 bits per heavy atom. The molecule has 7 nitrogen and oxygen atoms in total. The zero-order chi connectivity index (χ0) is 22.0. The number of benzene rings is 2. The lowest BCUT2D eigenvalue weighted by atomic mass is 10.1. The summed E-state index contributed by atoms with van der Waals surface area (Å²) in [5.74, 6) is 0.876. The molecule has 0 aliphatic carbocycles. The first-order chi connectivity index (χ1) is 15.0. The molecule has 1 N–H and O–H groups in total. The third kappa shape index (κ3) is 4.03. The molecular weight excluding hydrogens is 396 g/mol. The molecule has 3 aromatic rings. The van der Waals surface area contributed by atoms with Gasteiger partial charge in [0.05, 0.1) is 30.2 Å². The van der Waals surface area contributed by atoms with Crippen molar-refractivity contribution >= 4 is 28.5 Å². The lowest BCUT2D eigenvalue weighted by Gasteiger charge is -2.11. The molecule has 1 aromatic heterocycles. The minimum absolute atomic E-state index is 0.108. The molecule has 1 aliphatic heterocycles. The van der Waals surface area contributed by atoms with Gasteiger partial charge in [0.2, 0.25) is 0 Å². The predicted octanol–water partition coefficient (Wildman–Crippen LogP) is 4.23. The summed E-state index contributed by atoms with van der Waals surface area (Å²) in [6.07, 6.45) is 4.68. The Kier molecular flexibility index (Phi) is 5.75. The normalized spacial score (nSPS) is 14.1. The Balaban J connectivity index is 1.72. The lowest BCUT2D eigenvalue weighted by molar-refractivity contribution is 0.0697. The molecule has 0 atom stereocenters. The first-order valence-corrected chi connectivity index (χ1v) is 10.3. The van der Waals surface area contributed by atoms with E-state index in [1.807, 2.05) is 24.3 Å². The number of unbranched alkanes of at least 4 members (excludes halogenated alkanes) is 1. The number of carbonyl (C=O) groups is 1. The fraction of sp³-hybridized carbons (Fsp3) is 0.292. The first kappa shape index (κ1) is 20.7. The van der Waals surface area contributed by atoms with E-state index in [9.17, 15) is 14.7 Å². The summed E-state index contributed by atoms with van der Waals surface area (Å²) in [6.45, 7) is 3.29. The number of ether oxygens (including phenoxy) is 2. The summed E-state index contributed by atoms with van der Waals surface area (Å²) in [5.41, 5.74) is 2.17. The topological polar surface area (TPSA) is 90.7 Å². The number of nitrogens with zero attached hydrogens (tertiary/aromatic N) is 2. The fourth-order valence-electron chi connectivity index (χ4n) is 3.71. The summed E-state index contributed by atoms with van der Waals surface area (Å²) in [4.78, 5) is 28.8. The number of hydrogen-bond donors (Lipinski definition) is 1. The smallest absolute Gasteiger partial charge is 0.335 e. The minimum Gasteiger partial charge on any atom is -0.493 e. The Labute approximate surface area is 179 Å². The highest BCUT2D eigenvalue weighted by atomic mass is 16.5. The maximum Gasteiger partial charge on any atom is 0.335 e. The van der Waals surface area contributed by atoms with Crippen molar-refractivity contribution in [3.05, 3.63) is 63.7 Å². The number of carboxylic acids is 1. The van der Waals surface area contributed by atoms with Crippen molar-refractivity contribution in [3.63, 3.8) is 0 Å². The monoisotopic (exact) mass is 420 g/mol. The average molecular weight is 420 g/mol. The Bertz CT molecular complexity index is 1240. The number of fused-ring (bicyclic) bond motifs is 2. The molecule has 2 heterocycles. The van der Waals surface area contributed by atoms with Gasteiger partial charge in [0.1, 0.15) is 5.82 Å². The molecule has 0 amide bonds. The van der Waals surface area contributed by atoms with Gasteiger partial charge in [0.15, 0.2) is 11.5 Å². The van der Waals surface area contributed by atoms with E-state index >= 15 is 0 Å². The molecule has 0 spiro atoms. The van der Waals surface area contributed by atoms with Crippen LogP contribution in [0.25, 0.3) is 22.6 Å². The van der Waals surface area contributed by atoms with Crippen LogP contribution in [0.1, 0.15) is 47.9 Å². The lowest BCUT2D eigenvalue weighted by Crippen LogP contribution is -2.21. The first-order valence-electron chi connectivity index (χ1n) is 10.3. The van der Waals surface area contributed by atoms with Crippen molar-refractivity contribution in [3.8, 4) is 11.5 Å². The van der Waals surface area contributed by atoms with Gasteiger partial charge in [0.25, 0.3) is 5.56 Å². The van der Waals surface area contributed by atoms with Crippen molar-refractivity contribution in [1.29, 1.82) is 0 Å². The fourth-order valence-corrected chi connectivity index (χ4v) is 3.71. The standard InChI is InChI=1S/C24H24N2O5/c1-3-4-11-31-20-8-5-15(13-21(20)30-2)12-16-9-10-26-22(16)25-19-14-17(24(28)29)6-7-18(19)23(26)27/h5-8,12-14H,3-4,9-11H2,1-2H3,(H,28,29)/b16-12+. The zero-order valence-corrected chi connectivity index (χ0v) is 17.6. The van der Waals surface area contributed by atoms with Crippen molar-refractivity contribution < 1.29 is 19.4 Å². The highest BCUT2D eigenvalue weighted by Crippen LogP contribution is 2.32. The molecular formula is C24H24N2O5. The Morgan fingerprint density at radius 2 is 2.06 bits per heavy atom. The van der Waals surface area contributed by atoms with Gasteiger partial charge in [-0.3, -0.25) is 9.36 Å². The van der Waals surface area contributed by atoms with Crippen molar-refractivity contribution in [1.82, 2.24) is 9.55 Å². The summed E-state index contributed by atoms with van der Waals surface area (Å²) in [6, 6.07) is 10.1. The molecule has 4 rings (SSSR count). The van der Waals surface area contributed by atoms with E-state index < -0.39 is 5.97 Å². The van der Waals surface area contributed by atoms with Crippen LogP contribution in [0.4, 0.5) is 0 Å². The predicted molar refractivity (Wildman–Crippen MR) is 119 cm³/mol. The molecule has 2 aromatic carbocycles. The van der Waals surface area contributed by atoms with Crippen LogP contribution >= 0.6 is 0 Å².